The number of benzene rings is 1. The molecule has 1 amide bonds. The smallest absolute Gasteiger partial charge is 0.243 e. The number of carbonyl (C=O) groups is 1. The summed E-state index contributed by atoms with van der Waals surface area (Å²) < 4.78 is 0. The maximum atomic E-state index is 11.9. The highest BCUT2D eigenvalue weighted by Gasteiger charge is 2.24. The Kier molecular flexibility index (Phi) is 10.2. The summed E-state index contributed by atoms with van der Waals surface area (Å²) in [7, 11) is 3.49. The van der Waals surface area contributed by atoms with E-state index >= 15 is 0 Å². The predicted octanol–water partition coefficient (Wildman–Crippen LogP) is 2.96. The highest BCUT2D eigenvalue weighted by Crippen LogP contribution is 2.23. The van der Waals surface area contributed by atoms with Gasteiger partial charge < -0.3 is 20.4 Å². The molecule has 0 aromatic heterocycles. The zero-order valence-corrected chi connectivity index (χ0v) is 19.6. The molecule has 27 heavy (non-hydrogen) atoms. The molecule has 0 spiro atoms. The van der Waals surface area contributed by atoms with Gasteiger partial charge in [0, 0.05) is 50.0 Å². The van der Waals surface area contributed by atoms with E-state index in [0.29, 0.717) is 12.0 Å². The number of guanidine groups is 1. The van der Waals surface area contributed by atoms with Gasteiger partial charge in [0.05, 0.1) is 0 Å². The van der Waals surface area contributed by atoms with Crippen LogP contribution in [-0.2, 0) is 4.79 Å². The molecule has 8 heteroatoms. The van der Waals surface area contributed by atoms with Crippen molar-refractivity contribution < 1.29 is 4.79 Å². The monoisotopic (exact) mass is 507 g/mol. The average molecular weight is 508 g/mol. The second kappa shape index (κ2) is 11.6. The Balaban J connectivity index is 0.00000364. The molecule has 0 bridgehead atoms. The van der Waals surface area contributed by atoms with E-state index in [-0.39, 0.29) is 42.5 Å². The maximum absolute atomic E-state index is 11.9. The molecule has 1 heterocycles. The summed E-state index contributed by atoms with van der Waals surface area (Å²) >= 11 is 6.11. The van der Waals surface area contributed by atoms with Crippen LogP contribution in [-0.4, -0.2) is 62.6 Å². The second-order valence-corrected chi connectivity index (χ2v) is 7.40. The van der Waals surface area contributed by atoms with Gasteiger partial charge in [-0.05, 0) is 38.0 Å². The molecule has 2 rings (SSSR count). The molecule has 2 atom stereocenters. The molecule has 1 saturated heterocycles. The molecule has 0 aliphatic carbocycles. The fourth-order valence-electron chi connectivity index (χ4n) is 2.74. The van der Waals surface area contributed by atoms with E-state index in [0.717, 1.165) is 36.6 Å². The lowest BCUT2D eigenvalue weighted by Crippen LogP contribution is -2.48. The van der Waals surface area contributed by atoms with Crippen LogP contribution in [0, 0.1) is 0 Å². The third-order valence-electron chi connectivity index (χ3n) is 4.57. The van der Waals surface area contributed by atoms with Gasteiger partial charge in [-0.25, -0.2) is 4.99 Å². The first-order valence-corrected chi connectivity index (χ1v) is 9.55. The topological polar surface area (TPSA) is 60.0 Å². The van der Waals surface area contributed by atoms with Crippen LogP contribution in [0.2, 0.25) is 5.02 Å². The molecule has 0 radical (unpaired) electrons. The Morgan fingerprint density at radius 3 is 2.81 bits per heavy atom. The Labute approximate surface area is 184 Å². The van der Waals surface area contributed by atoms with Crippen LogP contribution in [0.15, 0.2) is 29.3 Å². The van der Waals surface area contributed by atoms with Crippen molar-refractivity contribution in [3.63, 3.8) is 0 Å². The van der Waals surface area contributed by atoms with Crippen LogP contribution in [0.5, 0.6) is 0 Å². The van der Waals surface area contributed by atoms with Gasteiger partial charge in [-0.2, -0.15) is 0 Å². The Bertz CT molecular complexity index is 640. The van der Waals surface area contributed by atoms with Gasteiger partial charge >= 0.3 is 0 Å². The first kappa shape index (κ1) is 23.8. The number of anilines is 1. The van der Waals surface area contributed by atoms with E-state index in [2.05, 4.69) is 40.4 Å². The van der Waals surface area contributed by atoms with Crippen LogP contribution >= 0.6 is 35.6 Å². The Hall–Kier alpha value is -1.22. The minimum atomic E-state index is -0.0118. The molecule has 1 aliphatic rings. The van der Waals surface area contributed by atoms with Crippen LogP contribution in [0.3, 0.4) is 0 Å². The highest BCUT2D eigenvalue weighted by molar-refractivity contribution is 14.0. The second-order valence-electron chi connectivity index (χ2n) is 6.96. The summed E-state index contributed by atoms with van der Waals surface area (Å²) in [4.78, 5) is 20.2. The van der Waals surface area contributed by atoms with Gasteiger partial charge in [0.15, 0.2) is 5.96 Å². The Morgan fingerprint density at radius 1 is 1.44 bits per heavy atom. The number of nitrogens with zero attached hydrogens (tertiary/aromatic N) is 3. The number of aliphatic imine (C=N–C) groups is 1. The minimum Gasteiger partial charge on any atom is -0.369 e. The molecular formula is C19H31ClIN5O. The molecule has 0 saturated carbocycles. The number of halogens is 2. The number of rotatable bonds is 6. The Morgan fingerprint density at radius 2 is 2.19 bits per heavy atom. The van der Waals surface area contributed by atoms with Crippen molar-refractivity contribution in [1.82, 2.24) is 15.5 Å². The van der Waals surface area contributed by atoms with E-state index in [1.165, 1.54) is 0 Å². The van der Waals surface area contributed by atoms with Crippen molar-refractivity contribution >= 4 is 53.1 Å². The van der Waals surface area contributed by atoms with E-state index in [1.54, 1.807) is 19.0 Å². The fourth-order valence-corrected chi connectivity index (χ4v) is 2.92. The van der Waals surface area contributed by atoms with Gasteiger partial charge in [-0.3, -0.25) is 4.79 Å². The molecule has 2 unspecified atom stereocenters. The summed E-state index contributed by atoms with van der Waals surface area (Å²) in [6, 6.07) is 8.50. The molecule has 1 aromatic carbocycles. The van der Waals surface area contributed by atoms with Crippen LogP contribution in [0.1, 0.15) is 26.7 Å². The van der Waals surface area contributed by atoms with E-state index < -0.39 is 0 Å². The summed E-state index contributed by atoms with van der Waals surface area (Å²) in [6.07, 6.45) is 2.00. The number of likely N-dealkylation sites (N-methyl/N-ethyl adjacent to an activating group) is 1. The van der Waals surface area contributed by atoms with Crippen LogP contribution < -0.4 is 15.5 Å². The van der Waals surface area contributed by atoms with Crippen molar-refractivity contribution in [3.8, 4) is 0 Å². The van der Waals surface area contributed by atoms with Crippen molar-refractivity contribution in [2.75, 3.05) is 38.6 Å². The van der Waals surface area contributed by atoms with E-state index in [9.17, 15) is 4.79 Å². The molecular weight excluding hydrogens is 477 g/mol. The van der Waals surface area contributed by atoms with Crippen molar-refractivity contribution in [2.45, 2.75) is 38.8 Å². The molecule has 6 nitrogen and oxygen atoms in total. The standard InChI is InChI=1S/C19H30ClN5O.HI/c1-5-14(2)22-19(21-12-18(26)24(3)4)23-16-9-10-25(13-16)17-8-6-7-15(20)11-17;/h6-8,11,14,16H,5,9-10,12-13H2,1-4H3,(H2,21,22,23);1H. The van der Waals surface area contributed by atoms with E-state index in [4.69, 9.17) is 11.6 Å². The molecule has 1 fully saturated rings. The average Bonchev–Trinajstić information content (AvgIpc) is 3.07. The normalized spacial score (nSPS) is 17.9. The van der Waals surface area contributed by atoms with Crippen molar-refractivity contribution in [3.05, 3.63) is 29.3 Å². The van der Waals surface area contributed by atoms with Gasteiger partial charge in [0.1, 0.15) is 6.54 Å². The summed E-state index contributed by atoms with van der Waals surface area (Å²) in [5, 5.41) is 7.62. The number of nitrogens with one attached hydrogen (secondary N) is 2. The third-order valence-corrected chi connectivity index (χ3v) is 4.80. The molecule has 152 valence electrons. The lowest BCUT2D eigenvalue weighted by Gasteiger charge is -2.22. The van der Waals surface area contributed by atoms with Gasteiger partial charge in [-0.1, -0.05) is 24.6 Å². The third kappa shape index (κ3) is 7.73. The first-order valence-electron chi connectivity index (χ1n) is 9.17. The highest BCUT2D eigenvalue weighted by atomic mass is 127. The SMILES string of the molecule is CCC(C)NC(=NCC(=O)N(C)C)NC1CCN(c2cccc(Cl)c2)C1.I. The molecule has 1 aliphatic heterocycles. The maximum Gasteiger partial charge on any atom is 0.243 e. The zero-order chi connectivity index (χ0) is 19.1. The summed E-state index contributed by atoms with van der Waals surface area (Å²) in [5.74, 6) is 0.690. The lowest BCUT2D eigenvalue weighted by atomic mass is 10.2. The van der Waals surface area contributed by atoms with Gasteiger partial charge in [-0.15, -0.1) is 24.0 Å². The number of hydrogen-bond acceptors (Lipinski definition) is 3. The van der Waals surface area contributed by atoms with E-state index in [1.807, 2.05) is 18.2 Å². The van der Waals surface area contributed by atoms with Gasteiger partial charge in [0.25, 0.3) is 0 Å². The minimum absolute atomic E-state index is 0. The predicted molar refractivity (Wildman–Crippen MR) is 125 cm³/mol. The summed E-state index contributed by atoms with van der Waals surface area (Å²) in [5.41, 5.74) is 1.14. The van der Waals surface area contributed by atoms with Crippen molar-refractivity contribution in [1.29, 1.82) is 0 Å². The van der Waals surface area contributed by atoms with Gasteiger partial charge in [0.2, 0.25) is 5.91 Å². The fraction of sp³-hybridized carbons (Fsp3) is 0.579. The van der Waals surface area contributed by atoms with Crippen molar-refractivity contribution in [2.24, 2.45) is 4.99 Å². The summed E-state index contributed by atoms with van der Waals surface area (Å²) in [6.45, 7) is 6.21. The molecule has 1 aromatic rings. The first-order chi connectivity index (χ1) is 12.4. The van der Waals surface area contributed by atoms with Crippen LogP contribution in [0.4, 0.5) is 5.69 Å². The molecule has 2 N–H and O–H groups in total. The number of hydrogen-bond donors (Lipinski definition) is 2. The quantitative estimate of drug-likeness (QED) is 0.353. The number of amides is 1. The zero-order valence-electron chi connectivity index (χ0n) is 16.5. The van der Waals surface area contributed by atoms with Crippen LogP contribution in [0.25, 0.3) is 0 Å². The number of carbonyl (C=O) groups excluding carboxylic acids is 1. The lowest BCUT2D eigenvalue weighted by molar-refractivity contribution is -0.127. The largest absolute Gasteiger partial charge is 0.369 e.